The van der Waals surface area contributed by atoms with Crippen LogP contribution in [0.3, 0.4) is 0 Å². The summed E-state index contributed by atoms with van der Waals surface area (Å²) >= 11 is 0. The fraction of sp³-hybridized carbons (Fsp3) is 0.300. The number of amides is 2. The zero-order chi connectivity index (χ0) is 17.3. The predicted molar refractivity (Wildman–Crippen MR) is 96.3 cm³/mol. The van der Waals surface area contributed by atoms with E-state index in [1.807, 2.05) is 56.3 Å². The summed E-state index contributed by atoms with van der Waals surface area (Å²) in [6.07, 6.45) is 1.06. The van der Waals surface area contributed by atoms with Gasteiger partial charge in [0, 0.05) is 5.69 Å². The molecule has 0 saturated carbocycles. The number of anilines is 2. The molecule has 1 heterocycles. The molecule has 24 heavy (non-hydrogen) atoms. The molecule has 3 rings (SSSR count). The Labute approximate surface area is 142 Å². The summed E-state index contributed by atoms with van der Waals surface area (Å²) in [7, 11) is 0. The Bertz CT molecular complexity index is 778. The highest BCUT2D eigenvalue weighted by atomic mass is 16.2. The molecule has 4 nitrogen and oxygen atoms in total. The SMILES string of the molecule is CCc1ccccc1N[C@H]1CC(=O)N(c2c(C)cccc2C)C1=O. The summed E-state index contributed by atoms with van der Waals surface area (Å²) in [5, 5.41) is 3.27. The second-order valence-corrected chi connectivity index (χ2v) is 6.22. The average Bonchev–Trinajstić information content (AvgIpc) is 2.83. The van der Waals surface area contributed by atoms with Crippen molar-refractivity contribution in [2.24, 2.45) is 0 Å². The van der Waals surface area contributed by atoms with E-state index in [0.29, 0.717) is 0 Å². The van der Waals surface area contributed by atoms with E-state index in [-0.39, 0.29) is 18.2 Å². The van der Waals surface area contributed by atoms with Crippen LogP contribution in [0.4, 0.5) is 11.4 Å². The van der Waals surface area contributed by atoms with Crippen molar-refractivity contribution in [2.45, 2.75) is 39.7 Å². The van der Waals surface area contributed by atoms with E-state index < -0.39 is 6.04 Å². The summed E-state index contributed by atoms with van der Waals surface area (Å²) in [4.78, 5) is 26.7. The molecule has 124 valence electrons. The van der Waals surface area contributed by atoms with Gasteiger partial charge < -0.3 is 5.32 Å². The third-order valence-corrected chi connectivity index (χ3v) is 4.54. The lowest BCUT2D eigenvalue weighted by Gasteiger charge is -2.20. The lowest BCUT2D eigenvalue weighted by Crippen LogP contribution is -2.35. The van der Waals surface area contributed by atoms with Crippen LogP contribution in [0.5, 0.6) is 0 Å². The maximum Gasteiger partial charge on any atom is 0.256 e. The highest BCUT2D eigenvalue weighted by Crippen LogP contribution is 2.31. The van der Waals surface area contributed by atoms with Gasteiger partial charge in [-0.25, -0.2) is 4.90 Å². The van der Waals surface area contributed by atoms with Gasteiger partial charge in [0.25, 0.3) is 5.91 Å². The number of imide groups is 1. The van der Waals surface area contributed by atoms with Crippen LogP contribution in [0.2, 0.25) is 0 Å². The van der Waals surface area contributed by atoms with E-state index in [1.54, 1.807) is 0 Å². The van der Waals surface area contributed by atoms with E-state index in [0.717, 1.165) is 34.5 Å². The monoisotopic (exact) mass is 322 g/mol. The van der Waals surface area contributed by atoms with Crippen LogP contribution in [0.15, 0.2) is 42.5 Å². The second kappa shape index (κ2) is 6.48. The first-order chi connectivity index (χ1) is 11.5. The van der Waals surface area contributed by atoms with Crippen LogP contribution in [-0.2, 0) is 16.0 Å². The molecule has 4 heteroatoms. The molecule has 1 aliphatic heterocycles. The van der Waals surface area contributed by atoms with Crippen LogP contribution in [0, 0.1) is 13.8 Å². The van der Waals surface area contributed by atoms with Crippen molar-refractivity contribution >= 4 is 23.2 Å². The van der Waals surface area contributed by atoms with E-state index in [4.69, 9.17) is 0 Å². The van der Waals surface area contributed by atoms with Gasteiger partial charge in [0.15, 0.2) is 0 Å². The largest absolute Gasteiger partial charge is 0.373 e. The summed E-state index contributed by atoms with van der Waals surface area (Å²) < 4.78 is 0. The Morgan fingerprint density at radius 3 is 2.38 bits per heavy atom. The minimum absolute atomic E-state index is 0.149. The van der Waals surface area contributed by atoms with Crippen molar-refractivity contribution in [3.8, 4) is 0 Å². The first kappa shape index (κ1) is 16.2. The molecule has 1 atom stereocenters. The highest BCUT2D eigenvalue weighted by Gasteiger charge is 2.40. The summed E-state index contributed by atoms with van der Waals surface area (Å²) in [5.74, 6) is -0.327. The van der Waals surface area contributed by atoms with Crippen molar-refractivity contribution in [2.75, 3.05) is 10.2 Å². The number of nitrogens with one attached hydrogen (secondary N) is 1. The molecule has 1 saturated heterocycles. The first-order valence-electron chi connectivity index (χ1n) is 8.30. The number of hydrogen-bond donors (Lipinski definition) is 1. The van der Waals surface area contributed by atoms with Crippen molar-refractivity contribution < 1.29 is 9.59 Å². The van der Waals surface area contributed by atoms with Crippen molar-refractivity contribution in [1.29, 1.82) is 0 Å². The van der Waals surface area contributed by atoms with E-state index in [1.165, 1.54) is 4.90 Å². The van der Waals surface area contributed by atoms with Gasteiger partial charge in [-0.05, 0) is 43.0 Å². The predicted octanol–water partition coefficient (Wildman–Crippen LogP) is 3.61. The first-order valence-corrected chi connectivity index (χ1v) is 8.30. The topological polar surface area (TPSA) is 49.4 Å². The molecule has 0 radical (unpaired) electrons. The third-order valence-electron chi connectivity index (χ3n) is 4.54. The number of aryl methyl sites for hydroxylation is 3. The number of para-hydroxylation sites is 2. The van der Waals surface area contributed by atoms with Gasteiger partial charge in [-0.1, -0.05) is 43.3 Å². The maximum atomic E-state index is 12.9. The number of carbonyl (C=O) groups excluding carboxylic acids is 2. The Morgan fingerprint density at radius 1 is 1.04 bits per heavy atom. The molecule has 1 aliphatic rings. The molecule has 2 aromatic rings. The zero-order valence-corrected chi connectivity index (χ0v) is 14.3. The third kappa shape index (κ3) is 2.80. The summed E-state index contributed by atoms with van der Waals surface area (Å²) in [5.41, 5.74) is 4.66. The van der Waals surface area contributed by atoms with Gasteiger partial charge in [0.1, 0.15) is 6.04 Å². The fourth-order valence-electron chi connectivity index (χ4n) is 3.30. The lowest BCUT2D eigenvalue weighted by molar-refractivity contribution is -0.121. The van der Waals surface area contributed by atoms with Crippen molar-refractivity contribution in [3.05, 3.63) is 59.2 Å². The summed E-state index contributed by atoms with van der Waals surface area (Å²) in [6, 6.07) is 13.2. The normalized spacial score (nSPS) is 17.5. The number of benzene rings is 2. The molecule has 0 spiro atoms. The zero-order valence-electron chi connectivity index (χ0n) is 14.3. The molecule has 2 amide bonds. The van der Waals surface area contributed by atoms with Crippen LogP contribution in [-0.4, -0.2) is 17.9 Å². The fourth-order valence-corrected chi connectivity index (χ4v) is 3.30. The number of carbonyl (C=O) groups is 2. The van der Waals surface area contributed by atoms with Gasteiger partial charge in [-0.3, -0.25) is 9.59 Å². The van der Waals surface area contributed by atoms with E-state index in [2.05, 4.69) is 12.2 Å². The van der Waals surface area contributed by atoms with Crippen LogP contribution in [0.1, 0.15) is 30.0 Å². The quantitative estimate of drug-likeness (QED) is 0.875. The van der Waals surface area contributed by atoms with Gasteiger partial charge in [0.2, 0.25) is 5.91 Å². The van der Waals surface area contributed by atoms with Crippen LogP contribution >= 0.6 is 0 Å². The minimum Gasteiger partial charge on any atom is -0.373 e. The molecular weight excluding hydrogens is 300 g/mol. The molecule has 0 bridgehead atoms. The molecule has 0 aromatic heterocycles. The van der Waals surface area contributed by atoms with Gasteiger partial charge in [-0.15, -0.1) is 0 Å². The van der Waals surface area contributed by atoms with Gasteiger partial charge in [0.05, 0.1) is 12.1 Å². The number of nitrogens with zero attached hydrogens (tertiary/aromatic N) is 1. The Hall–Kier alpha value is -2.62. The molecule has 2 aromatic carbocycles. The second-order valence-electron chi connectivity index (χ2n) is 6.22. The van der Waals surface area contributed by atoms with Gasteiger partial charge >= 0.3 is 0 Å². The summed E-state index contributed by atoms with van der Waals surface area (Å²) in [6.45, 7) is 5.93. The minimum atomic E-state index is -0.510. The molecule has 0 unspecified atom stereocenters. The molecular formula is C20H22N2O2. The van der Waals surface area contributed by atoms with Gasteiger partial charge in [-0.2, -0.15) is 0 Å². The lowest BCUT2D eigenvalue weighted by atomic mass is 10.1. The highest BCUT2D eigenvalue weighted by molar-refractivity contribution is 6.23. The van der Waals surface area contributed by atoms with Crippen LogP contribution in [0.25, 0.3) is 0 Å². The average molecular weight is 322 g/mol. The molecule has 1 N–H and O–H groups in total. The van der Waals surface area contributed by atoms with E-state index >= 15 is 0 Å². The van der Waals surface area contributed by atoms with Crippen molar-refractivity contribution in [1.82, 2.24) is 0 Å². The number of hydrogen-bond acceptors (Lipinski definition) is 3. The van der Waals surface area contributed by atoms with E-state index in [9.17, 15) is 9.59 Å². The number of rotatable bonds is 4. The molecule has 0 aliphatic carbocycles. The smallest absolute Gasteiger partial charge is 0.256 e. The Kier molecular flexibility index (Phi) is 4.38. The standard InChI is InChI=1S/C20H22N2O2/c1-4-15-10-5-6-11-16(15)21-17-12-18(23)22(20(17)24)19-13(2)8-7-9-14(19)3/h5-11,17,21H,4,12H2,1-3H3/t17-/m0/s1. The Morgan fingerprint density at radius 2 is 1.71 bits per heavy atom. The Balaban J connectivity index is 1.90. The molecule has 1 fully saturated rings. The van der Waals surface area contributed by atoms with Crippen molar-refractivity contribution in [3.63, 3.8) is 0 Å². The van der Waals surface area contributed by atoms with Crippen LogP contribution < -0.4 is 10.2 Å². The maximum absolute atomic E-state index is 12.9.